The van der Waals surface area contributed by atoms with Gasteiger partial charge in [-0.3, -0.25) is 4.79 Å². The summed E-state index contributed by atoms with van der Waals surface area (Å²) in [4.78, 5) is 18.6. The van der Waals surface area contributed by atoms with Crippen molar-refractivity contribution in [3.63, 3.8) is 0 Å². The molecule has 1 unspecified atom stereocenters. The highest BCUT2D eigenvalue weighted by Crippen LogP contribution is 2.27. The topological polar surface area (TPSA) is 63.1 Å². The molecular weight excluding hydrogens is 322 g/mol. The zero-order valence-corrected chi connectivity index (χ0v) is 14.3. The molecule has 1 saturated heterocycles. The molecule has 1 fully saturated rings. The summed E-state index contributed by atoms with van der Waals surface area (Å²) in [5.41, 5.74) is 1.90. The second kappa shape index (κ2) is 6.24. The highest BCUT2D eigenvalue weighted by Gasteiger charge is 2.23. The molecule has 4 rings (SSSR count). The number of nitrogens with zero attached hydrogens (tertiary/aromatic N) is 4. The molecule has 0 amide bonds. The fourth-order valence-electron chi connectivity index (χ4n) is 3.05. The van der Waals surface area contributed by atoms with Crippen LogP contribution in [-0.2, 0) is 7.05 Å². The number of fused-ring (bicyclic) bond motifs is 1. The van der Waals surface area contributed by atoms with Crippen LogP contribution in [0.3, 0.4) is 0 Å². The highest BCUT2D eigenvalue weighted by atomic mass is 32.1. The molecule has 0 saturated carbocycles. The number of para-hydroxylation sites is 1. The Kier molecular flexibility index (Phi) is 3.93. The van der Waals surface area contributed by atoms with E-state index in [1.54, 1.807) is 30.6 Å². The Morgan fingerprint density at radius 3 is 3.08 bits per heavy atom. The molecular formula is C17H19N5OS. The summed E-state index contributed by atoms with van der Waals surface area (Å²) < 4.78 is 2.56. The monoisotopic (exact) mass is 341 g/mol. The molecule has 7 heteroatoms. The second-order valence-corrected chi connectivity index (χ2v) is 7.17. The Morgan fingerprint density at radius 1 is 1.38 bits per heavy atom. The van der Waals surface area contributed by atoms with Gasteiger partial charge in [0.1, 0.15) is 0 Å². The Balaban J connectivity index is 1.38. The first kappa shape index (κ1) is 15.1. The molecule has 1 aliphatic rings. The zero-order chi connectivity index (χ0) is 16.5. The molecule has 0 spiro atoms. The molecule has 1 aliphatic heterocycles. The van der Waals surface area contributed by atoms with Gasteiger partial charge in [-0.1, -0.05) is 23.5 Å². The first-order valence-corrected chi connectivity index (χ1v) is 8.88. The summed E-state index contributed by atoms with van der Waals surface area (Å²) in [5.74, 6) is 0.543. The number of rotatable bonds is 4. The van der Waals surface area contributed by atoms with Gasteiger partial charge in [0.15, 0.2) is 5.13 Å². The Bertz CT molecular complexity index is 885. The van der Waals surface area contributed by atoms with Crippen LogP contribution in [0.2, 0.25) is 0 Å². The van der Waals surface area contributed by atoms with Crippen molar-refractivity contribution in [2.45, 2.75) is 6.42 Å². The summed E-state index contributed by atoms with van der Waals surface area (Å²) in [7, 11) is 1.67. The molecule has 1 atom stereocenters. The normalized spacial score (nSPS) is 17.5. The van der Waals surface area contributed by atoms with Crippen molar-refractivity contribution in [2.75, 3.05) is 29.9 Å². The van der Waals surface area contributed by atoms with Crippen molar-refractivity contribution >= 4 is 32.4 Å². The van der Waals surface area contributed by atoms with E-state index in [1.807, 2.05) is 18.2 Å². The molecule has 1 aromatic carbocycles. The third-order valence-corrected chi connectivity index (χ3v) is 5.43. The lowest BCUT2D eigenvalue weighted by atomic mass is 10.1. The van der Waals surface area contributed by atoms with Crippen molar-refractivity contribution in [3.05, 3.63) is 46.9 Å². The summed E-state index contributed by atoms with van der Waals surface area (Å²) in [6.07, 6.45) is 2.87. The van der Waals surface area contributed by atoms with E-state index >= 15 is 0 Å². The number of aryl methyl sites for hydroxylation is 1. The predicted octanol–water partition coefficient (Wildman–Crippen LogP) is 2.33. The molecule has 2 aromatic heterocycles. The SMILES string of the molecule is Cn1ncc(N2CCC(CNc3nc4ccccc4s3)C2)cc1=O. The largest absolute Gasteiger partial charge is 0.370 e. The van der Waals surface area contributed by atoms with Crippen molar-refractivity contribution < 1.29 is 0 Å². The Morgan fingerprint density at radius 2 is 2.25 bits per heavy atom. The van der Waals surface area contributed by atoms with Gasteiger partial charge in [0.25, 0.3) is 5.56 Å². The quantitative estimate of drug-likeness (QED) is 0.789. The van der Waals surface area contributed by atoms with Gasteiger partial charge >= 0.3 is 0 Å². The maximum atomic E-state index is 11.7. The minimum Gasteiger partial charge on any atom is -0.370 e. The van der Waals surface area contributed by atoms with Crippen LogP contribution in [0.25, 0.3) is 10.2 Å². The van der Waals surface area contributed by atoms with Crippen molar-refractivity contribution in [1.82, 2.24) is 14.8 Å². The maximum absolute atomic E-state index is 11.7. The third-order valence-electron chi connectivity index (χ3n) is 4.44. The minimum atomic E-state index is -0.0662. The van der Waals surface area contributed by atoms with E-state index in [2.05, 4.69) is 26.4 Å². The van der Waals surface area contributed by atoms with Gasteiger partial charge < -0.3 is 10.2 Å². The third kappa shape index (κ3) is 2.99. The van der Waals surface area contributed by atoms with Gasteiger partial charge in [-0.05, 0) is 24.5 Å². The first-order chi connectivity index (χ1) is 11.7. The lowest BCUT2D eigenvalue weighted by Gasteiger charge is -2.18. The average Bonchev–Trinajstić information content (AvgIpc) is 3.21. The number of hydrogen-bond acceptors (Lipinski definition) is 6. The van der Waals surface area contributed by atoms with Gasteiger partial charge in [-0.25, -0.2) is 9.67 Å². The van der Waals surface area contributed by atoms with E-state index in [-0.39, 0.29) is 5.56 Å². The highest BCUT2D eigenvalue weighted by molar-refractivity contribution is 7.22. The van der Waals surface area contributed by atoms with Crippen LogP contribution < -0.4 is 15.8 Å². The summed E-state index contributed by atoms with van der Waals surface area (Å²) in [6.45, 7) is 2.79. The lowest BCUT2D eigenvalue weighted by molar-refractivity contribution is 0.622. The van der Waals surface area contributed by atoms with Gasteiger partial charge in [0, 0.05) is 32.7 Å². The molecule has 0 aliphatic carbocycles. The van der Waals surface area contributed by atoms with Gasteiger partial charge in [0.2, 0.25) is 0 Å². The van der Waals surface area contributed by atoms with Crippen LogP contribution in [0.4, 0.5) is 10.8 Å². The number of aromatic nitrogens is 3. The van der Waals surface area contributed by atoms with E-state index in [0.29, 0.717) is 5.92 Å². The molecule has 1 N–H and O–H groups in total. The van der Waals surface area contributed by atoms with Crippen LogP contribution in [0.1, 0.15) is 6.42 Å². The molecule has 6 nitrogen and oxygen atoms in total. The van der Waals surface area contributed by atoms with Crippen LogP contribution in [-0.4, -0.2) is 34.4 Å². The van der Waals surface area contributed by atoms with Gasteiger partial charge in [0.05, 0.1) is 22.1 Å². The van der Waals surface area contributed by atoms with E-state index < -0.39 is 0 Å². The molecule has 3 aromatic rings. The van der Waals surface area contributed by atoms with E-state index in [1.165, 1.54) is 9.38 Å². The standard InChI is InChI=1S/C17H19N5OS/c1-21-16(23)8-13(10-19-21)22-7-6-12(11-22)9-18-17-20-14-4-2-3-5-15(14)24-17/h2-5,8,10,12H,6-7,9,11H2,1H3,(H,18,20). The van der Waals surface area contributed by atoms with Crippen molar-refractivity contribution in [2.24, 2.45) is 13.0 Å². The first-order valence-electron chi connectivity index (χ1n) is 8.07. The van der Waals surface area contributed by atoms with Crippen LogP contribution in [0.5, 0.6) is 0 Å². The number of hydrogen-bond donors (Lipinski definition) is 1. The molecule has 24 heavy (non-hydrogen) atoms. The van der Waals surface area contributed by atoms with Crippen molar-refractivity contribution in [3.8, 4) is 0 Å². The second-order valence-electron chi connectivity index (χ2n) is 6.14. The lowest BCUT2D eigenvalue weighted by Crippen LogP contribution is -2.26. The Hall–Kier alpha value is -2.41. The number of anilines is 2. The van der Waals surface area contributed by atoms with Gasteiger partial charge in [-0.15, -0.1) is 0 Å². The summed E-state index contributed by atoms with van der Waals surface area (Å²) >= 11 is 1.69. The maximum Gasteiger partial charge on any atom is 0.268 e. The van der Waals surface area contributed by atoms with E-state index in [4.69, 9.17) is 0 Å². The molecule has 0 radical (unpaired) electrons. The van der Waals surface area contributed by atoms with E-state index in [0.717, 1.165) is 42.4 Å². The van der Waals surface area contributed by atoms with Crippen LogP contribution in [0, 0.1) is 5.92 Å². The summed E-state index contributed by atoms with van der Waals surface area (Å²) in [6, 6.07) is 9.85. The number of thiazole rings is 1. The molecule has 3 heterocycles. The van der Waals surface area contributed by atoms with Gasteiger partial charge in [-0.2, -0.15) is 5.10 Å². The van der Waals surface area contributed by atoms with E-state index in [9.17, 15) is 4.79 Å². The Labute approximate surface area is 143 Å². The van der Waals surface area contributed by atoms with Crippen LogP contribution in [0.15, 0.2) is 41.3 Å². The number of nitrogens with one attached hydrogen (secondary N) is 1. The zero-order valence-electron chi connectivity index (χ0n) is 13.5. The average molecular weight is 341 g/mol. The fourth-order valence-corrected chi connectivity index (χ4v) is 3.92. The molecule has 0 bridgehead atoms. The number of benzene rings is 1. The smallest absolute Gasteiger partial charge is 0.268 e. The molecule has 124 valence electrons. The van der Waals surface area contributed by atoms with Crippen LogP contribution >= 0.6 is 11.3 Å². The fraction of sp³-hybridized carbons (Fsp3) is 0.353. The predicted molar refractivity (Wildman–Crippen MR) is 97.9 cm³/mol. The summed E-state index contributed by atoms with van der Waals surface area (Å²) in [5, 5.41) is 8.55. The minimum absolute atomic E-state index is 0.0662. The van der Waals surface area contributed by atoms with Crippen molar-refractivity contribution in [1.29, 1.82) is 0 Å².